The van der Waals surface area contributed by atoms with Crippen LogP contribution < -0.4 is 0 Å². The van der Waals surface area contributed by atoms with E-state index in [9.17, 15) is 4.79 Å². The van der Waals surface area contributed by atoms with E-state index < -0.39 is 0 Å². The van der Waals surface area contributed by atoms with Crippen LogP contribution in [0.4, 0.5) is 0 Å². The molecule has 2 aromatic rings. The molecule has 2 aromatic heterocycles. The van der Waals surface area contributed by atoms with Crippen molar-refractivity contribution in [3.05, 3.63) is 36.8 Å². The minimum atomic E-state index is 0.210. The molecule has 0 bridgehead atoms. The average molecular weight is 310 g/mol. The Bertz CT molecular complexity index is 688. The molecule has 2 saturated carbocycles. The first-order valence-corrected chi connectivity index (χ1v) is 8.48. The molecule has 1 unspecified atom stereocenters. The molecule has 0 radical (unpaired) electrons. The molecular formula is C18H22N4O. The Morgan fingerprint density at radius 3 is 2.74 bits per heavy atom. The summed E-state index contributed by atoms with van der Waals surface area (Å²) in [6.07, 6.45) is 10.2. The van der Waals surface area contributed by atoms with Gasteiger partial charge in [0.15, 0.2) is 5.82 Å². The first-order chi connectivity index (χ1) is 11.2. The van der Waals surface area contributed by atoms with Gasteiger partial charge in [0.05, 0.1) is 0 Å². The van der Waals surface area contributed by atoms with Gasteiger partial charge in [-0.15, -0.1) is 0 Å². The quantitative estimate of drug-likeness (QED) is 0.824. The third-order valence-electron chi connectivity index (χ3n) is 4.89. The smallest absolute Gasteiger partial charge is 0.243 e. The SMILES string of the molecule is CC(C1CC1)N(C(=O)Cn1ccnc1-c1ccccn1)C1CC1. The number of amides is 1. The molecule has 5 heteroatoms. The van der Waals surface area contributed by atoms with Crippen LogP contribution in [0.25, 0.3) is 11.5 Å². The van der Waals surface area contributed by atoms with E-state index in [0.717, 1.165) is 24.4 Å². The zero-order valence-corrected chi connectivity index (χ0v) is 13.4. The summed E-state index contributed by atoms with van der Waals surface area (Å²) in [6, 6.07) is 6.58. The summed E-state index contributed by atoms with van der Waals surface area (Å²) in [5.41, 5.74) is 0.804. The number of nitrogens with zero attached hydrogens (tertiary/aromatic N) is 4. The Hall–Kier alpha value is -2.17. The fourth-order valence-corrected chi connectivity index (χ4v) is 3.31. The highest BCUT2D eigenvalue weighted by atomic mass is 16.2. The van der Waals surface area contributed by atoms with E-state index in [0.29, 0.717) is 24.5 Å². The zero-order valence-electron chi connectivity index (χ0n) is 13.4. The summed E-state index contributed by atoms with van der Waals surface area (Å²) in [5, 5.41) is 0. The third kappa shape index (κ3) is 3.00. The molecule has 0 N–H and O–H groups in total. The largest absolute Gasteiger partial charge is 0.335 e. The highest BCUT2D eigenvalue weighted by Crippen LogP contribution is 2.39. The second-order valence-electron chi connectivity index (χ2n) is 6.70. The predicted molar refractivity (Wildman–Crippen MR) is 87.5 cm³/mol. The second kappa shape index (κ2) is 5.80. The van der Waals surface area contributed by atoms with Crippen LogP contribution in [0, 0.1) is 5.92 Å². The van der Waals surface area contributed by atoms with Crippen LogP contribution in [-0.2, 0) is 11.3 Å². The minimum Gasteiger partial charge on any atom is -0.335 e. The molecule has 2 heterocycles. The molecule has 2 aliphatic carbocycles. The van der Waals surface area contributed by atoms with E-state index in [4.69, 9.17) is 0 Å². The van der Waals surface area contributed by atoms with Crippen molar-refractivity contribution in [1.29, 1.82) is 0 Å². The Balaban J connectivity index is 1.53. The van der Waals surface area contributed by atoms with E-state index in [-0.39, 0.29) is 5.91 Å². The van der Waals surface area contributed by atoms with Crippen molar-refractivity contribution in [1.82, 2.24) is 19.4 Å². The molecule has 0 aliphatic heterocycles. The number of carbonyl (C=O) groups is 1. The van der Waals surface area contributed by atoms with Gasteiger partial charge in [0.1, 0.15) is 12.2 Å². The summed E-state index contributed by atoms with van der Waals surface area (Å²) in [4.78, 5) is 23.8. The van der Waals surface area contributed by atoms with Crippen molar-refractivity contribution in [3.63, 3.8) is 0 Å². The monoisotopic (exact) mass is 310 g/mol. The number of imidazole rings is 1. The van der Waals surface area contributed by atoms with Gasteiger partial charge in [-0.3, -0.25) is 9.78 Å². The lowest BCUT2D eigenvalue weighted by molar-refractivity contribution is -0.135. The molecule has 23 heavy (non-hydrogen) atoms. The number of carbonyl (C=O) groups excluding carboxylic acids is 1. The van der Waals surface area contributed by atoms with Crippen molar-refractivity contribution in [2.75, 3.05) is 0 Å². The van der Waals surface area contributed by atoms with Crippen LogP contribution >= 0.6 is 0 Å². The minimum absolute atomic E-state index is 0.210. The van der Waals surface area contributed by atoms with E-state index in [1.54, 1.807) is 12.4 Å². The summed E-state index contributed by atoms with van der Waals surface area (Å²) in [6.45, 7) is 2.56. The molecule has 2 fully saturated rings. The average Bonchev–Trinajstić information content (AvgIpc) is 3.47. The van der Waals surface area contributed by atoms with Gasteiger partial charge < -0.3 is 9.47 Å². The van der Waals surface area contributed by atoms with Crippen LogP contribution in [-0.4, -0.2) is 37.4 Å². The Kier molecular flexibility index (Phi) is 3.63. The second-order valence-corrected chi connectivity index (χ2v) is 6.70. The predicted octanol–water partition coefficient (Wildman–Crippen LogP) is 2.73. The fraction of sp³-hybridized carbons (Fsp3) is 0.500. The fourth-order valence-electron chi connectivity index (χ4n) is 3.31. The van der Waals surface area contributed by atoms with Crippen molar-refractivity contribution in [2.45, 2.75) is 51.2 Å². The van der Waals surface area contributed by atoms with Crippen molar-refractivity contribution < 1.29 is 4.79 Å². The number of aromatic nitrogens is 3. The number of hydrogen-bond donors (Lipinski definition) is 0. The molecule has 1 amide bonds. The van der Waals surface area contributed by atoms with E-state index in [1.165, 1.54) is 12.8 Å². The van der Waals surface area contributed by atoms with Crippen LogP contribution in [0.3, 0.4) is 0 Å². The maximum absolute atomic E-state index is 12.9. The molecular weight excluding hydrogens is 288 g/mol. The standard InChI is InChI=1S/C18H22N4O/c1-13(14-5-6-14)22(15-7-8-15)17(23)12-21-11-10-20-18(21)16-4-2-3-9-19-16/h2-4,9-11,13-15H,5-8,12H2,1H3. The highest BCUT2D eigenvalue weighted by molar-refractivity contribution is 5.77. The Morgan fingerprint density at radius 1 is 1.26 bits per heavy atom. The lowest BCUT2D eigenvalue weighted by Crippen LogP contribution is -2.43. The maximum atomic E-state index is 12.9. The summed E-state index contributed by atoms with van der Waals surface area (Å²) in [7, 11) is 0. The number of hydrogen-bond acceptors (Lipinski definition) is 3. The molecule has 2 aliphatic rings. The van der Waals surface area contributed by atoms with Gasteiger partial charge in [-0.1, -0.05) is 6.07 Å². The topological polar surface area (TPSA) is 51.0 Å². The van der Waals surface area contributed by atoms with Crippen molar-refractivity contribution in [2.24, 2.45) is 5.92 Å². The van der Waals surface area contributed by atoms with Crippen molar-refractivity contribution in [3.8, 4) is 11.5 Å². The number of rotatable bonds is 6. The van der Waals surface area contributed by atoms with Crippen LogP contribution in [0.5, 0.6) is 0 Å². The molecule has 0 aromatic carbocycles. The first-order valence-electron chi connectivity index (χ1n) is 8.48. The Labute approximate surface area is 136 Å². The van der Waals surface area contributed by atoms with Crippen LogP contribution in [0.1, 0.15) is 32.6 Å². The van der Waals surface area contributed by atoms with Gasteiger partial charge in [0.2, 0.25) is 5.91 Å². The van der Waals surface area contributed by atoms with Gasteiger partial charge >= 0.3 is 0 Å². The summed E-state index contributed by atoms with van der Waals surface area (Å²) in [5.74, 6) is 1.67. The van der Waals surface area contributed by atoms with Gasteiger partial charge in [0.25, 0.3) is 0 Å². The lowest BCUT2D eigenvalue weighted by Gasteiger charge is -2.30. The molecule has 0 saturated heterocycles. The van der Waals surface area contributed by atoms with E-state index in [2.05, 4.69) is 21.8 Å². The summed E-state index contributed by atoms with van der Waals surface area (Å²) >= 11 is 0. The maximum Gasteiger partial charge on any atom is 0.243 e. The lowest BCUT2D eigenvalue weighted by atomic mass is 10.1. The van der Waals surface area contributed by atoms with Gasteiger partial charge in [-0.25, -0.2) is 4.98 Å². The first kappa shape index (κ1) is 14.4. The van der Waals surface area contributed by atoms with Crippen LogP contribution in [0.2, 0.25) is 0 Å². The molecule has 1 atom stereocenters. The number of pyridine rings is 1. The Morgan fingerprint density at radius 2 is 2.09 bits per heavy atom. The van der Waals surface area contributed by atoms with Gasteiger partial charge in [-0.2, -0.15) is 0 Å². The summed E-state index contributed by atoms with van der Waals surface area (Å²) < 4.78 is 1.92. The van der Waals surface area contributed by atoms with Crippen LogP contribution in [0.15, 0.2) is 36.8 Å². The molecule has 4 rings (SSSR count). The zero-order chi connectivity index (χ0) is 15.8. The van der Waals surface area contributed by atoms with Gasteiger partial charge in [-0.05, 0) is 50.7 Å². The molecule has 120 valence electrons. The molecule has 5 nitrogen and oxygen atoms in total. The molecule has 0 spiro atoms. The van der Waals surface area contributed by atoms with Gasteiger partial charge in [0, 0.05) is 30.7 Å². The van der Waals surface area contributed by atoms with E-state index >= 15 is 0 Å². The van der Waals surface area contributed by atoms with E-state index in [1.807, 2.05) is 29.0 Å². The normalized spacial score (nSPS) is 18.7. The van der Waals surface area contributed by atoms with Crippen molar-refractivity contribution >= 4 is 5.91 Å². The highest BCUT2D eigenvalue weighted by Gasteiger charge is 2.41. The third-order valence-corrected chi connectivity index (χ3v) is 4.89.